The second kappa shape index (κ2) is 10.7. The maximum Gasteiger partial charge on any atom is 0.269 e. The highest BCUT2D eigenvalue weighted by molar-refractivity contribution is 5.93. The SMILES string of the molecule is C=O.CN(C)CC[C@@H](O)C#Cc1cccc(-n2nc(C(N)=O)c3c2CCC[C@H]3O)c1. The molecule has 1 aliphatic carbocycles. The van der Waals surface area contributed by atoms with Gasteiger partial charge in [0.1, 0.15) is 12.9 Å². The van der Waals surface area contributed by atoms with Crippen LogP contribution >= 0.6 is 0 Å². The molecule has 0 saturated heterocycles. The average molecular weight is 412 g/mol. The molecule has 1 aromatic carbocycles. The van der Waals surface area contributed by atoms with Gasteiger partial charge in [-0.15, -0.1) is 0 Å². The summed E-state index contributed by atoms with van der Waals surface area (Å²) in [4.78, 5) is 21.8. The van der Waals surface area contributed by atoms with Crippen LogP contribution in [0, 0.1) is 11.8 Å². The highest BCUT2D eigenvalue weighted by atomic mass is 16.3. The van der Waals surface area contributed by atoms with Crippen LogP contribution < -0.4 is 5.73 Å². The molecule has 0 unspecified atom stereocenters. The van der Waals surface area contributed by atoms with Gasteiger partial charge >= 0.3 is 0 Å². The molecule has 160 valence electrons. The van der Waals surface area contributed by atoms with Crippen molar-refractivity contribution < 1.29 is 19.8 Å². The van der Waals surface area contributed by atoms with E-state index >= 15 is 0 Å². The summed E-state index contributed by atoms with van der Waals surface area (Å²) >= 11 is 0. The van der Waals surface area contributed by atoms with Gasteiger partial charge < -0.3 is 25.6 Å². The number of benzene rings is 1. The molecule has 1 heterocycles. The highest BCUT2D eigenvalue weighted by Crippen LogP contribution is 2.33. The zero-order chi connectivity index (χ0) is 22.3. The minimum atomic E-state index is -0.727. The summed E-state index contributed by atoms with van der Waals surface area (Å²) in [5.41, 5.74) is 8.42. The number of hydrogen-bond acceptors (Lipinski definition) is 6. The van der Waals surface area contributed by atoms with Crippen molar-refractivity contribution in [3.8, 4) is 17.5 Å². The lowest BCUT2D eigenvalue weighted by Gasteiger charge is -2.19. The van der Waals surface area contributed by atoms with Gasteiger partial charge in [0.25, 0.3) is 5.91 Å². The van der Waals surface area contributed by atoms with Crippen LogP contribution in [0.4, 0.5) is 0 Å². The van der Waals surface area contributed by atoms with Gasteiger partial charge in [-0.3, -0.25) is 4.79 Å². The number of rotatable bonds is 5. The number of amides is 1. The number of nitrogens with zero attached hydrogens (tertiary/aromatic N) is 3. The zero-order valence-electron chi connectivity index (χ0n) is 17.3. The van der Waals surface area contributed by atoms with Gasteiger partial charge in [0.2, 0.25) is 0 Å². The summed E-state index contributed by atoms with van der Waals surface area (Å²) in [5.74, 6) is 5.21. The van der Waals surface area contributed by atoms with Gasteiger partial charge in [0.05, 0.1) is 17.5 Å². The second-order valence-corrected chi connectivity index (χ2v) is 7.32. The summed E-state index contributed by atoms with van der Waals surface area (Å²) in [7, 11) is 3.90. The lowest BCUT2D eigenvalue weighted by atomic mass is 9.92. The standard InChI is InChI=1S/C21H26N4O3.CH2O/c1-24(2)12-11-16(26)10-9-14-5-3-6-15(13-14)25-17-7-4-8-18(27)19(17)20(23-25)21(22)28;1-2/h3,5-6,13,16,18,26-27H,4,7-8,11-12H2,1-2H3,(H2,22,28);1H2/t16-,18+;/m0./s1. The van der Waals surface area contributed by atoms with Gasteiger partial charge in [-0.05, 0) is 58.0 Å². The maximum atomic E-state index is 11.8. The van der Waals surface area contributed by atoms with Crippen LogP contribution in [0.3, 0.4) is 0 Å². The van der Waals surface area contributed by atoms with E-state index in [0.29, 0.717) is 24.8 Å². The Labute approximate surface area is 176 Å². The highest BCUT2D eigenvalue weighted by Gasteiger charge is 2.30. The van der Waals surface area contributed by atoms with E-state index in [1.807, 2.05) is 50.0 Å². The van der Waals surface area contributed by atoms with Crippen molar-refractivity contribution in [3.63, 3.8) is 0 Å². The van der Waals surface area contributed by atoms with Crippen LogP contribution in [0.15, 0.2) is 24.3 Å². The summed E-state index contributed by atoms with van der Waals surface area (Å²) in [5, 5.41) is 24.7. The molecule has 8 heteroatoms. The van der Waals surface area contributed by atoms with Crippen molar-refractivity contribution in [2.24, 2.45) is 5.73 Å². The third kappa shape index (κ3) is 5.54. The molecule has 0 saturated carbocycles. The molecule has 1 aromatic heterocycles. The smallest absolute Gasteiger partial charge is 0.269 e. The number of aromatic nitrogens is 2. The van der Waals surface area contributed by atoms with Crippen molar-refractivity contribution in [1.29, 1.82) is 0 Å². The first kappa shape index (κ1) is 23.3. The first-order chi connectivity index (χ1) is 14.4. The van der Waals surface area contributed by atoms with Crippen LogP contribution in [0.25, 0.3) is 5.69 Å². The number of carbonyl (C=O) groups is 2. The van der Waals surface area contributed by atoms with Gasteiger partial charge in [0.15, 0.2) is 5.69 Å². The quantitative estimate of drug-likeness (QED) is 0.625. The molecular weight excluding hydrogens is 384 g/mol. The van der Waals surface area contributed by atoms with Crippen LogP contribution in [0.1, 0.15) is 52.7 Å². The number of hydrogen-bond donors (Lipinski definition) is 3. The molecule has 2 atom stereocenters. The van der Waals surface area contributed by atoms with Crippen LogP contribution in [0.5, 0.6) is 0 Å². The molecular formula is C22H28N4O4. The Hall–Kier alpha value is -2.99. The van der Waals surface area contributed by atoms with E-state index in [9.17, 15) is 15.0 Å². The molecule has 0 radical (unpaired) electrons. The van der Waals surface area contributed by atoms with E-state index in [2.05, 4.69) is 16.9 Å². The third-order valence-electron chi connectivity index (χ3n) is 4.80. The van der Waals surface area contributed by atoms with Crippen molar-refractivity contribution in [2.75, 3.05) is 20.6 Å². The van der Waals surface area contributed by atoms with Gasteiger partial charge in [-0.25, -0.2) is 4.68 Å². The summed E-state index contributed by atoms with van der Waals surface area (Å²) in [6.45, 7) is 2.76. The Morgan fingerprint density at radius 3 is 2.83 bits per heavy atom. The third-order valence-corrected chi connectivity index (χ3v) is 4.80. The summed E-state index contributed by atoms with van der Waals surface area (Å²) < 4.78 is 1.67. The number of aliphatic hydroxyl groups is 2. The first-order valence-electron chi connectivity index (χ1n) is 9.70. The molecule has 0 aliphatic heterocycles. The van der Waals surface area contributed by atoms with Crippen molar-refractivity contribution in [1.82, 2.24) is 14.7 Å². The van der Waals surface area contributed by atoms with Crippen LogP contribution in [-0.4, -0.2) is 64.3 Å². The lowest BCUT2D eigenvalue weighted by Crippen LogP contribution is -2.18. The topological polar surface area (TPSA) is 122 Å². The molecule has 8 nitrogen and oxygen atoms in total. The lowest BCUT2D eigenvalue weighted by molar-refractivity contribution is -0.0980. The molecule has 30 heavy (non-hydrogen) atoms. The molecule has 2 aromatic rings. The fourth-order valence-electron chi connectivity index (χ4n) is 3.39. The number of nitrogens with two attached hydrogens (primary N) is 1. The van der Waals surface area contributed by atoms with E-state index in [-0.39, 0.29) is 5.69 Å². The predicted molar refractivity (Wildman–Crippen MR) is 113 cm³/mol. The first-order valence-corrected chi connectivity index (χ1v) is 9.70. The Morgan fingerprint density at radius 2 is 2.17 bits per heavy atom. The Morgan fingerprint density at radius 1 is 1.43 bits per heavy atom. The Bertz CT molecular complexity index is 942. The van der Waals surface area contributed by atoms with Crippen LogP contribution in [-0.2, 0) is 11.2 Å². The summed E-state index contributed by atoms with van der Waals surface area (Å²) in [6, 6.07) is 7.43. The van der Waals surface area contributed by atoms with Gasteiger partial charge in [-0.1, -0.05) is 17.9 Å². The van der Waals surface area contributed by atoms with Crippen LogP contribution in [0.2, 0.25) is 0 Å². The Kier molecular flexibility index (Phi) is 8.30. The van der Waals surface area contributed by atoms with E-state index in [0.717, 1.165) is 29.9 Å². The Balaban J connectivity index is 0.00000155. The van der Waals surface area contributed by atoms with E-state index in [1.165, 1.54) is 0 Å². The van der Waals surface area contributed by atoms with Crippen molar-refractivity contribution in [2.45, 2.75) is 37.9 Å². The molecule has 0 fully saturated rings. The molecule has 4 N–H and O–H groups in total. The minimum absolute atomic E-state index is 0.123. The summed E-state index contributed by atoms with van der Waals surface area (Å²) in [6.07, 6.45) is 1.28. The van der Waals surface area contributed by atoms with E-state index < -0.39 is 18.1 Å². The minimum Gasteiger partial charge on any atom is -0.388 e. The molecule has 0 bridgehead atoms. The van der Waals surface area contributed by atoms with E-state index in [4.69, 9.17) is 10.5 Å². The fourth-order valence-corrected chi connectivity index (χ4v) is 3.39. The second-order valence-electron chi connectivity index (χ2n) is 7.32. The maximum absolute atomic E-state index is 11.8. The fraction of sp³-hybridized carbons (Fsp3) is 0.409. The molecule has 1 aliphatic rings. The van der Waals surface area contributed by atoms with Crippen molar-refractivity contribution >= 4 is 12.7 Å². The number of fused-ring (bicyclic) bond motifs is 1. The molecule has 0 spiro atoms. The predicted octanol–water partition coefficient (Wildman–Crippen LogP) is 0.820. The number of carbonyl (C=O) groups excluding carboxylic acids is 2. The zero-order valence-corrected chi connectivity index (χ0v) is 17.3. The largest absolute Gasteiger partial charge is 0.388 e. The normalized spacial score (nSPS) is 16.0. The monoisotopic (exact) mass is 412 g/mol. The molecule has 3 rings (SSSR count). The number of primary amides is 1. The van der Waals surface area contributed by atoms with Gasteiger partial charge in [-0.2, -0.15) is 5.10 Å². The average Bonchev–Trinajstić information content (AvgIpc) is 3.14. The number of aliphatic hydroxyl groups excluding tert-OH is 2. The molecule has 1 amide bonds. The van der Waals surface area contributed by atoms with Crippen molar-refractivity contribution in [3.05, 3.63) is 46.8 Å². The van der Waals surface area contributed by atoms with E-state index in [1.54, 1.807) is 4.68 Å². The van der Waals surface area contributed by atoms with Gasteiger partial charge in [0, 0.05) is 17.7 Å².